The van der Waals surface area contributed by atoms with Crippen LogP contribution < -0.4 is 4.57 Å². The van der Waals surface area contributed by atoms with E-state index in [0.717, 1.165) is 5.39 Å². The molecule has 0 saturated heterocycles. The Hall–Kier alpha value is -2.10. The van der Waals surface area contributed by atoms with E-state index in [1.807, 2.05) is 6.07 Å². The first kappa shape index (κ1) is 9.45. The van der Waals surface area contributed by atoms with Crippen LogP contribution in [-0.2, 0) is 11.3 Å². The number of phenolic OH excluding ortho intramolecular Hbond substituents is 1. The predicted octanol–water partition coefficient (Wildman–Crippen LogP) is 0.917. The SMILES string of the molecule is O=C(O)C[n+]1cccc2ccc(O)cc21. The summed E-state index contributed by atoms with van der Waals surface area (Å²) in [6.45, 7) is -0.110. The molecule has 1 aromatic heterocycles. The van der Waals surface area contributed by atoms with Crippen molar-refractivity contribution >= 4 is 16.9 Å². The first-order chi connectivity index (χ1) is 7.16. The van der Waals surface area contributed by atoms with Crippen molar-refractivity contribution in [2.45, 2.75) is 6.54 Å². The minimum Gasteiger partial charge on any atom is -0.508 e. The Morgan fingerprint density at radius 3 is 2.87 bits per heavy atom. The number of hydrogen-bond acceptors (Lipinski definition) is 2. The molecule has 1 aromatic carbocycles. The van der Waals surface area contributed by atoms with Crippen LogP contribution in [0, 0.1) is 0 Å². The lowest BCUT2D eigenvalue weighted by Crippen LogP contribution is -2.38. The average molecular weight is 204 g/mol. The van der Waals surface area contributed by atoms with Gasteiger partial charge in [0.05, 0.1) is 6.07 Å². The molecule has 0 saturated carbocycles. The van der Waals surface area contributed by atoms with Crippen LogP contribution in [-0.4, -0.2) is 16.2 Å². The van der Waals surface area contributed by atoms with Gasteiger partial charge < -0.3 is 10.2 Å². The number of phenols is 1. The highest BCUT2D eigenvalue weighted by molar-refractivity contribution is 5.77. The minimum absolute atomic E-state index is 0.110. The Morgan fingerprint density at radius 1 is 1.33 bits per heavy atom. The van der Waals surface area contributed by atoms with Gasteiger partial charge in [-0.15, -0.1) is 0 Å². The molecular weight excluding hydrogens is 194 g/mol. The number of fused-ring (bicyclic) bond motifs is 1. The Kier molecular flexibility index (Phi) is 2.25. The highest BCUT2D eigenvalue weighted by Crippen LogP contribution is 2.16. The average Bonchev–Trinajstić information content (AvgIpc) is 2.18. The molecule has 0 amide bonds. The quantitative estimate of drug-likeness (QED) is 0.715. The molecule has 4 heteroatoms. The molecule has 2 N–H and O–H groups in total. The molecule has 0 fully saturated rings. The summed E-state index contributed by atoms with van der Waals surface area (Å²) in [6.07, 6.45) is 1.68. The molecule has 76 valence electrons. The molecule has 0 atom stereocenters. The third-order valence-corrected chi connectivity index (χ3v) is 2.17. The van der Waals surface area contributed by atoms with Crippen LogP contribution in [0.1, 0.15) is 0 Å². The van der Waals surface area contributed by atoms with E-state index in [1.54, 1.807) is 35.0 Å². The molecule has 2 aromatic rings. The molecule has 0 aliphatic heterocycles. The normalized spacial score (nSPS) is 10.4. The van der Waals surface area contributed by atoms with E-state index in [1.165, 1.54) is 0 Å². The van der Waals surface area contributed by atoms with Crippen molar-refractivity contribution in [3.63, 3.8) is 0 Å². The van der Waals surface area contributed by atoms with E-state index in [-0.39, 0.29) is 12.3 Å². The molecule has 15 heavy (non-hydrogen) atoms. The fraction of sp³-hybridized carbons (Fsp3) is 0.0909. The summed E-state index contributed by atoms with van der Waals surface area (Å²) < 4.78 is 1.58. The van der Waals surface area contributed by atoms with Gasteiger partial charge in [-0.1, -0.05) is 0 Å². The number of nitrogens with zero attached hydrogens (tertiary/aromatic N) is 1. The molecule has 2 rings (SSSR count). The highest BCUT2D eigenvalue weighted by atomic mass is 16.4. The number of rotatable bonds is 2. The standard InChI is InChI=1S/C11H9NO3/c13-9-4-3-8-2-1-5-12(7-11(14)15)10(8)6-9/h1-6H,7H2,(H,14,15)/p+1. The summed E-state index contributed by atoms with van der Waals surface area (Å²) in [7, 11) is 0. The number of aromatic nitrogens is 1. The zero-order chi connectivity index (χ0) is 10.8. The molecule has 0 aliphatic carbocycles. The number of carbonyl (C=O) groups is 1. The van der Waals surface area contributed by atoms with Gasteiger partial charge in [-0.3, -0.25) is 0 Å². The van der Waals surface area contributed by atoms with Crippen LogP contribution in [0.15, 0.2) is 36.5 Å². The van der Waals surface area contributed by atoms with Crippen molar-refractivity contribution in [2.75, 3.05) is 0 Å². The number of aromatic hydroxyl groups is 1. The van der Waals surface area contributed by atoms with Crippen molar-refractivity contribution in [1.29, 1.82) is 0 Å². The molecule has 0 radical (unpaired) electrons. The van der Waals surface area contributed by atoms with Crippen LogP contribution in [0.2, 0.25) is 0 Å². The maximum Gasteiger partial charge on any atom is 0.370 e. The fourth-order valence-corrected chi connectivity index (χ4v) is 1.54. The van der Waals surface area contributed by atoms with Crippen molar-refractivity contribution in [3.05, 3.63) is 36.5 Å². The number of benzene rings is 1. The number of carboxylic acid groups (broad SMARTS) is 1. The first-order valence-electron chi connectivity index (χ1n) is 4.50. The largest absolute Gasteiger partial charge is 0.508 e. The van der Waals surface area contributed by atoms with Crippen LogP contribution in [0.5, 0.6) is 5.75 Å². The zero-order valence-electron chi connectivity index (χ0n) is 7.92. The van der Waals surface area contributed by atoms with Gasteiger partial charge in [0.2, 0.25) is 12.1 Å². The van der Waals surface area contributed by atoms with Gasteiger partial charge in [0, 0.05) is 11.5 Å². The minimum atomic E-state index is -0.907. The van der Waals surface area contributed by atoms with Crippen molar-refractivity contribution < 1.29 is 19.6 Å². The van der Waals surface area contributed by atoms with Crippen LogP contribution in [0.4, 0.5) is 0 Å². The Morgan fingerprint density at radius 2 is 2.13 bits per heavy atom. The first-order valence-corrected chi connectivity index (χ1v) is 4.50. The van der Waals surface area contributed by atoms with Crippen molar-refractivity contribution in [3.8, 4) is 5.75 Å². The van der Waals surface area contributed by atoms with Gasteiger partial charge in [0.25, 0.3) is 0 Å². The van der Waals surface area contributed by atoms with Crippen LogP contribution in [0.25, 0.3) is 10.9 Å². The van der Waals surface area contributed by atoms with Gasteiger partial charge in [-0.05, 0) is 18.2 Å². The molecular formula is C11H10NO3+. The second-order valence-electron chi connectivity index (χ2n) is 3.27. The number of carboxylic acids is 1. The van der Waals surface area contributed by atoms with Gasteiger partial charge in [0.15, 0.2) is 6.20 Å². The van der Waals surface area contributed by atoms with Gasteiger partial charge >= 0.3 is 5.97 Å². The highest BCUT2D eigenvalue weighted by Gasteiger charge is 2.12. The molecule has 0 unspecified atom stereocenters. The second-order valence-corrected chi connectivity index (χ2v) is 3.27. The molecule has 0 spiro atoms. The van der Waals surface area contributed by atoms with Crippen molar-refractivity contribution in [2.24, 2.45) is 0 Å². The molecule has 1 heterocycles. The summed E-state index contributed by atoms with van der Waals surface area (Å²) in [6, 6.07) is 8.53. The summed E-state index contributed by atoms with van der Waals surface area (Å²) in [5.74, 6) is -0.774. The number of aliphatic carboxylic acids is 1. The van der Waals surface area contributed by atoms with Crippen molar-refractivity contribution in [1.82, 2.24) is 0 Å². The lowest BCUT2D eigenvalue weighted by molar-refractivity contribution is -0.660. The van der Waals surface area contributed by atoms with Gasteiger partial charge in [0.1, 0.15) is 5.75 Å². The topological polar surface area (TPSA) is 61.4 Å². The van der Waals surface area contributed by atoms with E-state index in [0.29, 0.717) is 5.52 Å². The summed E-state index contributed by atoms with van der Waals surface area (Å²) in [4.78, 5) is 10.6. The van der Waals surface area contributed by atoms with Gasteiger partial charge in [-0.25, -0.2) is 4.79 Å². The number of hydrogen-bond donors (Lipinski definition) is 2. The van der Waals surface area contributed by atoms with Crippen LogP contribution >= 0.6 is 0 Å². The van der Waals surface area contributed by atoms with E-state index >= 15 is 0 Å². The van der Waals surface area contributed by atoms with E-state index in [9.17, 15) is 9.90 Å². The Balaban J connectivity index is 2.63. The predicted molar refractivity (Wildman–Crippen MR) is 53.4 cm³/mol. The lowest BCUT2D eigenvalue weighted by Gasteiger charge is -1.99. The van der Waals surface area contributed by atoms with Gasteiger partial charge in [-0.2, -0.15) is 4.57 Å². The molecule has 0 bridgehead atoms. The van der Waals surface area contributed by atoms with E-state index < -0.39 is 5.97 Å². The maximum absolute atomic E-state index is 10.6. The third-order valence-electron chi connectivity index (χ3n) is 2.17. The zero-order valence-corrected chi connectivity index (χ0v) is 7.92. The lowest BCUT2D eigenvalue weighted by atomic mass is 10.2. The number of pyridine rings is 1. The summed E-state index contributed by atoms with van der Waals surface area (Å²) in [5.41, 5.74) is 0.708. The molecule has 0 aliphatic rings. The molecule has 4 nitrogen and oxygen atoms in total. The van der Waals surface area contributed by atoms with E-state index in [2.05, 4.69) is 0 Å². The summed E-state index contributed by atoms with van der Waals surface area (Å²) >= 11 is 0. The van der Waals surface area contributed by atoms with Crippen LogP contribution in [0.3, 0.4) is 0 Å². The maximum atomic E-state index is 10.6. The fourth-order valence-electron chi connectivity index (χ4n) is 1.54. The third kappa shape index (κ3) is 1.88. The van der Waals surface area contributed by atoms with E-state index in [4.69, 9.17) is 5.11 Å². The smallest absolute Gasteiger partial charge is 0.370 e. The summed E-state index contributed by atoms with van der Waals surface area (Å²) in [5, 5.41) is 18.9. The second kappa shape index (κ2) is 3.57. The Labute approximate surface area is 86.0 Å². The monoisotopic (exact) mass is 204 g/mol. The Bertz CT molecular complexity index is 522.